The second-order valence-corrected chi connectivity index (χ2v) is 10.7. The van der Waals surface area contributed by atoms with Crippen molar-refractivity contribution >= 4 is 6.09 Å². The molecule has 36 heavy (non-hydrogen) atoms. The second-order valence-electron chi connectivity index (χ2n) is 10.7. The Bertz CT molecular complexity index is 1210. The maximum atomic E-state index is 13.3. The molecule has 2 bridgehead atoms. The van der Waals surface area contributed by atoms with Crippen LogP contribution in [0, 0.1) is 0 Å². The molecule has 3 aromatic rings. The molecular weight excluding hydrogens is 450 g/mol. The zero-order valence-corrected chi connectivity index (χ0v) is 20.9. The summed E-state index contributed by atoms with van der Waals surface area (Å²) in [5.41, 5.74) is 4.83. The Hall–Kier alpha value is -3.31. The van der Waals surface area contributed by atoms with Crippen molar-refractivity contribution in [1.82, 2.24) is 4.90 Å². The number of hydrogen-bond donors (Lipinski definition) is 1. The van der Waals surface area contributed by atoms with E-state index in [2.05, 4.69) is 36.4 Å². The zero-order chi connectivity index (χ0) is 24.9. The smallest absolute Gasteiger partial charge is 0.410 e. The minimum Gasteiger partial charge on any atom is -0.491 e. The third kappa shape index (κ3) is 3.96. The number of amides is 1. The van der Waals surface area contributed by atoms with Gasteiger partial charge >= 0.3 is 6.09 Å². The molecule has 186 valence electrons. The van der Waals surface area contributed by atoms with E-state index >= 15 is 0 Å². The molecule has 1 N–H and O–H groups in total. The highest BCUT2D eigenvalue weighted by atomic mass is 16.6. The number of hydrogen-bond acceptors (Lipinski definition) is 4. The Morgan fingerprint density at radius 2 is 1.47 bits per heavy atom. The van der Waals surface area contributed by atoms with Gasteiger partial charge in [0.1, 0.15) is 12.4 Å². The molecule has 2 atom stereocenters. The molecule has 6 rings (SSSR count). The van der Waals surface area contributed by atoms with Crippen LogP contribution in [0.15, 0.2) is 72.8 Å². The summed E-state index contributed by atoms with van der Waals surface area (Å²) in [5, 5.41) is 11.6. The average Bonchev–Trinajstić information content (AvgIpc) is 3.35. The van der Waals surface area contributed by atoms with Crippen molar-refractivity contribution in [1.29, 1.82) is 0 Å². The maximum Gasteiger partial charge on any atom is 0.410 e. The lowest BCUT2D eigenvalue weighted by atomic mass is 9.80. The summed E-state index contributed by atoms with van der Waals surface area (Å²) in [6, 6.07) is 24.5. The molecule has 3 aliphatic rings. The Labute approximate surface area is 212 Å². The van der Waals surface area contributed by atoms with Crippen molar-refractivity contribution in [3.63, 3.8) is 0 Å². The van der Waals surface area contributed by atoms with Crippen molar-refractivity contribution in [3.05, 3.63) is 89.5 Å². The Balaban J connectivity index is 1.15. The van der Waals surface area contributed by atoms with Gasteiger partial charge in [0.05, 0.1) is 11.7 Å². The molecule has 2 saturated heterocycles. The van der Waals surface area contributed by atoms with Crippen LogP contribution in [0.3, 0.4) is 0 Å². The van der Waals surface area contributed by atoms with Crippen LogP contribution in [0.5, 0.6) is 5.75 Å². The molecule has 2 heterocycles. The number of aliphatic hydroxyl groups is 1. The van der Waals surface area contributed by atoms with E-state index in [0.29, 0.717) is 19.4 Å². The molecule has 3 aromatic carbocycles. The molecule has 5 heteroatoms. The van der Waals surface area contributed by atoms with E-state index in [-0.39, 0.29) is 30.2 Å². The van der Waals surface area contributed by atoms with Crippen LogP contribution in [0.2, 0.25) is 0 Å². The maximum absolute atomic E-state index is 13.3. The van der Waals surface area contributed by atoms with Crippen molar-refractivity contribution in [2.45, 2.75) is 69.2 Å². The number of rotatable bonds is 5. The predicted octanol–water partition coefficient (Wildman–Crippen LogP) is 6.24. The molecule has 0 radical (unpaired) electrons. The summed E-state index contributed by atoms with van der Waals surface area (Å²) in [6.07, 6.45) is 2.69. The molecule has 0 spiro atoms. The van der Waals surface area contributed by atoms with Crippen LogP contribution in [0.1, 0.15) is 62.1 Å². The highest BCUT2D eigenvalue weighted by Gasteiger charge is 2.50. The largest absolute Gasteiger partial charge is 0.491 e. The number of fused-ring (bicyclic) bond motifs is 5. The summed E-state index contributed by atoms with van der Waals surface area (Å²) < 4.78 is 11.7. The van der Waals surface area contributed by atoms with E-state index in [4.69, 9.17) is 9.47 Å². The first-order chi connectivity index (χ1) is 17.4. The van der Waals surface area contributed by atoms with Gasteiger partial charge in [0, 0.05) is 30.8 Å². The van der Waals surface area contributed by atoms with Crippen LogP contribution in [-0.2, 0) is 10.3 Å². The number of piperidine rings is 1. The molecule has 1 aliphatic carbocycles. The lowest BCUT2D eigenvalue weighted by Gasteiger charge is -2.43. The lowest BCUT2D eigenvalue weighted by Crippen LogP contribution is -2.52. The van der Waals surface area contributed by atoms with E-state index in [1.54, 1.807) is 0 Å². The Kier molecular flexibility index (Phi) is 5.76. The van der Waals surface area contributed by atoms with E-state index in [0.717, 1.165) is 24.2 Å². The predicted molar refractivity (Wildman–Crippen MR) is 139 cm³/mol. The first-order valence-corrected chi connectivity index (χ1v) is 13.1. The molecular formula is C31H33NO4. The molecule has 2 unspecified atom stereocenters. The highest BCUT2D eigenvalue weighted by Crippen LogP contribution is 2.47. The Morgan fingerprint density at radius 3 is 2.03 bits per heavy atom. The summed E-state index contributed by atoms with van der Waals surface area (Å²) in [6.45, 7) is 4.32. The summed E-state index contributed by atoms with van der Waals surface area (Å²) >= 11 is 0. The summed E-state index contributed by atoms with van der Waals surface area (Å²) in [4.78, 5) is 15.2. The fourth-order valence-electron chi connectivity index (χ4n) is 6.54. The number of nitrogens with zero attached hydrogens (tertiary/aromatic N) is 1. The summed E-state index contributed by atoms with van der Waals surface area (Å²) in [7, 11) is 0. The monoisotopic (exact) mass is 483 g/mol. The highest BCUT2D eigenvalue weighted by molar-refractivity contribution is 5.79. The number of carbonyl (C=O) groups is 1. The zero-order valence-electron chi connectivity index (χ0n) is 20.9. The SMILES string of the molecule is CC(C)Oc1ccc(C2(O)CC3CCC(C2)N3C(=O)OCC2c3ccccc3-c3ccccc32)cc1. The van der Waals surface area contributed by atoms with Gasteiger partial charge in [-0.3, -0.25) is 0 Å². The Morgan fingerprint density at radius 1 is 0.917 bits per heavy atom. The third-order valence-electron chi connectivity index (χ3n) is 8.08. The fourth-order valence-corrected chi connectivity index (χ4v) is 6.54. The van der Waals surface area contributed by atoms with Gasteiger partial charge in [-0.2, -0.15) is 0 Å². The number of carbonyl (C=O) groups excluding carboxylic acids is 1. The molecule has 2 aliphatic heterocycles. The van der Waals surface area contributed by atoms with Gasteiger partial charge in [0.15, 0.2) is 0 Å². The van der Waals surface area contributed by atoms with Crippen molar-refractivity contribution < 1.29 is 19.4 Å². The standard InChI is InChI=1S/C31H33NO4/c1-20(2)36-24-15-11-21(12-16-24)31(34)17-22-13-14-23(18-31)32(22)30(33)35-19-29-27-9-5-3-7-25(27)26-8-4-6-10-28(26)29/h3-12,15-16,20,22-23,29,34H,13-14,17-19H2,1-2H3. The van der Waals surface area contributed by atoms with Crippen LogP contribution >= 0.6 is 0 Å². The summed E-state index contributed by atoms with van der Waals surface area (Å²) in [5.74, 6) is 0.851. The number of ether oxygens (including phenoxy) is 2. The van der Waals surface area contributed by atoms with Crippen LogP contribution in [-0.4, -0.2) is 40.9 Å². The van der Waals surface area contributed by atoms with Gasteiger partial charge in [-0.05, 0) is 66.6 Å². The average molecular weight is 484 g/mol. The molecule has 0 saturated carbocycles. The van der Waals surface area contributed by atoms with Gasteiger partial charge in [0.2, 0.25) is 0 Å². The number of benzene rings is 3. The second kappa shape index (κ2) is 8.97. The first-order valence-electron chi connectivity index (χ1n) is 13.1. The fraction of sp³-hybridized carbons (Fsp3) is 0.387. The van der Waals surface area contributed by atoms with Crippen molar-refractivity contribution in [3.8, 4) is 16.9 Å². The normalized spacial score (nSPS) is 24.5. The van der Waals surface area contributed by atoms with Crippen LogP contribution in [0.25, 0.3) is 11.1 Å². The van der Waals surface area contributed by atoms with E-state index in [1.165, 1.54) is 22.3 Å². The minimum atomic E-state index is -0.942. The molecule has 1 amide bonds. The van der Waals surface area contributed by atoms with Crippen LogP contribution < -0.4 is 4.74 Å². The first kappa shape index (κ1) is 23.1. The molecule has 2 fully saturated rings. The minimum absolute atomic E-state index is 0.0176. The van der Waals surface area contributed by atoms with E-state index in [9.17, 15) is 9.90 Å². The van der Waals surface area contributed by atoms with Gasteiger partial charge in [-0.25, -0.2) is 4.79 Å². The van der Waals surface area contributed by atoms with Gasteiger partial charge in [-0.1, -0.05) is 60.7 Å². The van der Waals surface area contributed by atoms with E-state index < -0.39 is 5.60 Å². The van der Waals surface area contributed by atoms with Gasteiger partial charge in [-0.15, -0.1) is 0 Å². The van der Waals surface area contributed by atoms with Crippen LogP contribution in [0.4, 0.5) is 4.79 Å². The molecule has 0 aromatic heterocycles. The lowest BCUT2D eigenvalue weighted by molar-refractivity contribution is -0.0531. The van der Waals surface area contributed by atoms with Gasteiger partial charge < -0.3 is 19.5 Å². The van der Waals surface area contributed by atoms with Gasteiger partial charge in [0.25, 0.3) is 0 Å². The van der Waals surface area contributed by atoms with E-state index in [1.807, 2.05) is 55.1 Å². The third-order valence-corrected chi connectivity index (χ3v) is 8.08. The van der Waals surface area contributed by atoms with Crippen molar-refractivity contribution in [2.24, 2.45) is 0 Å². The quantitative estimate of drug-likeness (QED) is 0.467. The molecule has 5 nitrogen and oxygen atoms in total. The van der Waals surface area contributed by atoms with Crippen molar-refractivity contribution in [2.75, 3.05) is 6.61 Å². The topological polar surface area (TPSA) is 59.0 Å².